The number of halogens is 1. The van der Waals surface area contributed by atoms with Crippen LogP contribution >= 0.6 is 15.9 Å². The van der Waals surface area contributed by atoms with Crippen LogP contribution in [0.2, 0.25) is 0 Å². The van der Waals surface area contributed by atoms with Gasteiger partial charge in [-0.15, -0.1) is 0 Å². The van der Waals surface area contributed by atoms with Crippen LogP contribution in [-0.4, -0.2) is 22.5 Å². The molecule has 0 radical (unpaired) electrons. The van der Waals surface area contributed by atoms with Crippen LogP contribution in [0.5, 0.6) is 0 Å². The van der Waals surface area contributed by atoms with Crippen molar-refractivity contribution >= 4 is 39.3 Å². The van der Waals surface area contributed by atoms with E-state index in [1.54, 1.807) is 55.6 Å². The zero-order chi connectivity index (χ0) is 16.7. The quantitative estimate of drug-likeness (QED) is 0.623. The van der Waals surface area contributed by atoms with Crippen LogP contribution < -0.4 is 10.7 Å². The van der Waals surface area contributed by atoms with Gasteiger partial charge in [0.2, 0.25) is 5.91 Å². The molecule has 23 heavy (non-hydrogen) atoms. The number of hydrogen-bond donors (Lipinski definition) is 2. The summed E-state index contributed by atoms with van der Waals surface area (Å²) >= 11 is 3.30. The maximum atomic E-state index is 11.9. The van der Waals surface area contributed by atoms with Crippen LogP contribution in [0, 0.1) is 0 Å². The summed E-state index contributed by atoms with van der Waals surface area (Å²) < 4.78 is 0.889. The van der Waals surface area contributed by atoms with Gasteiger partial charge in [0.1, 0.15) is 5.82 Å². The SMILES string of the molecule is C/C(CC(=O)Nc1ccccn1)=N/NC(=O)c1ccc(Br)cc1. The number of rotatable bonds is 5. The lowest BCUT2D eigenvalue weighted by atomic mass is 10.2. The van der Waals surface area contributed by atoms with E-state index in [9.17, 15) is 9.59 Å². The number of carbonyl (C=O) groups excluding carboxylic acids is 2. The van der Waals surface area contributed by atoms with Crippen LogP contribution in [0.3, 0.4) is 0 Å². The first kappa shape index (κ1) is 16.8. The summed E-state index contributed by atoms with van der Waals surface area (Å²) in [4.78, 5) is 27.7. The number of carbonyl (C=O) groups is 2. The van der Waals surface area contributed by atoms with Crippen molar-refractivity contribution in [2.45, 2.75) is 13.3 Å². The lowest BCUT2D eigenvalue weighted by Crippen LogP contribution is -2.21. The third-order valence-corrected chi connectivity index (χ3v) is 3.33. The Morgan fingerprint density at radius 3 is 2.57 bits per heavy atom. The molecule has 0 bridgehead atoms. The molecular weight excluding hydrogens is 360 g/mol. The number of nitrogens with one attached hydrogen (secondary N) is 2. The molecule has 0 fully saturated rings. The van der Waals surface area contributed by atoms with E-state index >= 15 is 0 Å². The van der Waals surface area contributed by atoms with Gasteiger partial charge in [0.05, 0.1) is 6.42 Å². The largest absolute Gasteiger partial charge is 0.310 e. The number of nitrogens with zero attached hydrogens (tertiary/aromatic N) is 2. The van der Waals surface area contributed by atoms with Crippen LogP contribution in [0.15, 0.2) is 58.2 Å². The zero-order valence-corrected chi connectivity index (χ0v) is 14.0. The van der Waals surface area contributed by atoms with Crippen molar-refractivity contribution in [2.24, 2.45) is 5.10 Å². The highest BCUT2D eigenvalue weighted by Crippen LogP contribution is 2.10. The molecule has 1 heterocycles. The Hall–Kier alpha value is -2.54. The molecule has 1 aromatic carbocycles. The van der Waals surface area contributed by atoms with E-state index in [4.69, 9.17) is 0 Å². The average molecular weight is 375 g/mol. The Morgan fingerprint density at radius 2 is 1.91 bits per heavy atom. The number of pyridine rings is 1. The Bertz CT molecular complexity index is 715. The van der Waals surface area contributed by atoms with E-state index in [1.807, 2.05) is 0 Å². The van der Waals surface area contributed by atoms with Crippen molar-refractivity contribution in [1.82, 2.24) is 10.4 Å². The van der Waals surface area contributed by atoms with E-state index < -0.39 is 0 Å². The fraction of sp³-hybridized carbons (Fsp3) is 0.125. The normalized spacial score (nSPS) is 11.0. The molecule has 2 N–H and O–H groups in total. The lowest BCUT2D eigenvalue weighted by molar-refractivity contribution is -0.115. The maximum absolute atomic E-state index is 11.9. The number of hydrazone groups is 1. The third kappa shape index (κ3) is 5.63. The minimum Gasteiger partial charge on any atom is -0.310 e. The van der Waals surface area contributed by atoms with Crippen LogP contribution in [0.1, 0.15) is 23.7 Å². The summed E-state index contributed by atoms with van der Waals surface area (Å²) in [5.74, 6) is -0.103. The van der Waals surface area contributed by atoms with Gasteiger partial charge in [-0.05, 0) is 43.3 Å². The summed E-state index contributed by atoms with van der Waals surface area (Å²) in [6.07, 6.45) is 1.66. The smallest absolute Gasteiger partial charge is 0.271 e. The molecule has 2 amide bonds. The zero-order valence-electron chi connectivity index (χ0n) is 12.4. The van der Waals surface area contributed by atoms with Gasteiger partial charge >= 0.3 is 0 Å². The van der Waals surface area contributed by atoms with Gasteiger partial charge in [-0.2, -0.15) is 5.10 Å². The molecule has 0 spiro atoms. The number of hydrogen-bond acceptors (Lipinski definition) is 4. The van der Waals surface area contributed by atoms with Gasteiger partial charge < -0.3 is 5.32 Å². The Morgan fingerprint density at radius 1 is 1.17 bits per heavy atom. The Labute approximate surface area is 142 Å². The molecule has 0 aliphatic heterocycles. The molecule has 2 rings (SSSR count). The van der Waals surface area contributed by atoms with Gasteiger partial charge in [-0.3, -0.25) is 9.59 Å². The van der Waals surface area contributed by atoms with E-state index in [0.717, 1.165) is 4.47 Å². The average Bonchev–Trinajstić information content (AvgIpc) is 2.54. The number of benzene rings is 1. The standard InChI is InChI=1S/C16H15BrN4O2/c1-11(10-15(22)19-14-4-2-3-9-18-14)20-21-16(23)12-5-7-13(17)8-6-12/h2-9H,10H2,1H3,(H,21,23)(H,18,19,22)/b20-11-. The van der Waals surface area contributed by atoms with Crippen molar-refractivity contribution in [3.8, 4) is 0 Å². The summed E-state index contributed by atoms with van der Waals surface area (Å²) in [7, 11) is 0. The minimum absolute atomic E-state index is 0.0667. The summed E-state index contributed by atoms with van der Waals surface area (Å²) in [6, 6.07) is 12.1. The number of aromatic nitrogens is 1. The molecule has 118 valence electrons. The first-order valence-electron chi connectivity index (χ1n) is 6.84. The highest BCUT2D eigenvalue weighted by molar-refractivity contribution is 9.10. The van der Waals surface area contributed by atoms with Gasteiger partial charge in [-0.25, -0.2) is 10.4 Å². The molecule has 0 saturated heterocycles. The van der Waals surface area contributed by atoms with Gasteiger partial charge in [-0.1, -0.05) is 22.0 Å². The van der Waals surface area contributed by atoms with Crippen LogP contribution in [0.4, 0.5) is 5.82 Å². The van der Waals surface area contributed by atoms with Crippen LogP contribution in [-0.2, 0) is 4.79 Å². The summed E-state index contributed by atoms with van der Waals surface area (Å²) in [5.41, 5.74) is 3.40. The minimum atomic E-state index is -0.331. The molecule has 0 unspecified atom stereocenters. The first-order valence-corrected chi connectivity index (χ1v) is 7.64. The summed E-state index contributed by atoms with van der Waals surface area (Å²) in [5, 5.41) is 6.58. The van der Waals surface area contributed by atoms with Gasteiger partial charge in [0.15, 0.2) is 0 Å². The predicted octanol–water partition coefficient (Wildman–Crippen LogP) is 2.98. The molecule has 0 aliphatic carbocycles. The van der Waals surface area contributed by atoms with E-state index in [-0.39, 0.29) is 18.2 Å². The second-order valence-corrected chi connectivity index (χ2v) is 5.65. The molecule has 0 aliphatic rings. The van der Waals surface area contributed by atoms with E-state index in [2.05, 4.69) is 36.8 Å². The molecule has 7 heteroatoms. The molecule has 0 saturated carbocycles. The van der Waals surface area contributed by atoms with Crippen molar-refractivity contribution < 1.29 is 9.59 Å². The molecule has 6 nitrogen and oxygen atoms in total. The number of amides is 2. The predicted molar refractivity (Wildman–Crippen MR) is 92.2 cm³/mol. The van der Waals surface area contributed by atoms with Crippen molar-refractivity contribution in [3.05, 3.63) is 58.7 Å². The highest BCUT2D eigenvalue weighted by Gasteiger charge is 2.07. The van der Waals surface area contributed by atoms with Crippen molar-refractivity contribution in [3.63, 3.8) is 0 Å². The monoisotopic (exact) mass is 374 g/mol. The Kier molecular flexibility index (Phi) is 5.99. The van der Waals surface area contributed by atoms with Crippen molar-refractivity contribution in [2.75, 3.05) is 5.32 Å². The molecule has 0 atom stereocenters. The molecule has 2 aromatic rings. The Balaban J connectivity index is 1.86. The second-order valence-electron chi connectivity index (χ2n) is 4.73. The van der Waals surface area contributed by atoms with Gasteiger partial charge in [0, 0.05) is 21.9 Å². The van der Waals surface area contributed by atoms with Gasteiger partial charge in [0.25, 0.3) is 5.91 Å². The fourth-order valence-corrected chi connectivity index (χ4v) is 1.97. The maximum Gasteiger partial charge on any atom is 0.271 e. The van der Waals surface area contributed by atoms with Crippen molar-refractivity contribution in [1.29, 1.82) is 0 Å². The van der Waals surface area contributed by atoms with E-state index in [1.165, 1.54) is 0 Å². The summed E-state index contributed by atoms with van der Waals surface area (Å²) in [6.45, 7) is 1.67. The topological polar surface area (TPSA) is 83.4 Å². The third-order valence-electron chi connectivity index (χ3n) is 2.80. The number of anilines is 1. The van der Waals surface area contributed by atoms with E-state index in [0.29, 0.717) is 17.1 Å². The first-order chi connectivity index (χ1) is 11.0. The van der Waals surface area contributed by atoms with Crippen LogP contribution in [0.25, 0.3) is 0 Å². The lowest BCUT2D eigenvalue weighted by Gasteiger charge is -2.04. The molecular formula is C16H15BrN4O2. The fourth-order valence-electron chi connectivity index (χ4n) is 1.71. The highest BCUT2D eigenvalue weighted by atomic mass is 79.9. The molecule has 1 aromatic heterocycles. The second kappa shape index (κ2) is 8.19.